The van der Waals surface area contributed by atoms with E-state index in [1.54, 1.807) is 31.2 Å². The molecule has 0 fully saturated rings. The van der Waals surface area contributed by atoms with Gasteiger partial charge in [-0.3, -0.25) is 0 Å². The van der Waals surface area contributed by atoms with Crippen LogP contribution in [0.15, 0.2) is 52.1 Å². The van der Waals surface area contributed by atoms with Gasteiger partial charge < -0.3 is 5.11 Å². The Morgan fingerprint density at radius 3 is 2.52 bits per heavy atom. The summed E-state index contributed by atoms with van der Waals surface area (Å²) in [6, 6.07) is 8.04. The van der Waals surface area contributed by atoms with Gasteiger partial charge in [0.15, 0.2) is 0 Å². The zero-order chi connectivity index (χ0) is 17.0. The number of benzene rings is 1. The molecule has 2 N–H and O–H groups in total. The Bertz CT molecular complexity index is 770. The van der Waals surface area contributed by atoms with Crippen molar-refractivity contribution in [2.24, 2.45) is 0 Å². The van der Waals surface area contributed by atoms with Gasteiger partial charge in [0.2, 0.25) is 0 Å². The Balaban J connectivity index is 2.49. The van der Waals surface area contributed by atoms with Crippen molar-refractivity contribution < 1.29 is 5.11 Å². The van der Waals surface area contributed by atoms with Crippen LogP contribution in [0.4, 0.5) is 0 Å². The molecular formula is C17H23N3O3. The molecule has 0 spiro atoms. The largest absolute Gasteiger partial charge is 0.391 e. The zero-order valence-electron chi connectivity index (χ0n) is 13.5. The van der Waals surface area contributed by atoms with Crippen LogP contribution >= 0.6 is 0 Å². The number of rotatable bonds is 7. The molecule has 6 nitrogen and oxygen atoms in total. The van der Waals surface area contributed by atoms with Crippen LogP contribution < -0.4 is 11.4 Å². The van der Waals surface area contributed by atoms with Crippen molar-refractivity contribution in [1.82, 2.24) is 14.3 Å². The van der Waals surface area contributed by atoms with E-state index in [1.807, 2.05) is 13.0 Å². The minimum Gasteiger partial charge on any atom is -0.391 e. The van der Waals surface area contributed by atoms with Gasteiger partial charge in [0.05, 0.1) is 11.8 Å². The molecule has 1 aromatic carbocycles. The van der Waals surface area contributed by atoms with Crippen LogP contribution in [-0.2, 0) is 0 Å². The first kappa shape index (κ1) is 17.0. The minimum absolute atomic E-state index is 0.487. The molecule has 2 atom stereocenters. The Morgan fingerprint density at radius 2 is 1.96 bits per heavy atom. The van der Waals surface area contributed by atoms with Gasteiger partial charge in [-0.2, -0.15) is 0 Å². The van der Waals surface area contributed by atoms with Gasteiger partial charge in [-0.15, -0.1) is 0 Å². The number of aliphatic hydroxyl groups excluding tert-OH is 1. The smallest absolute Gasteiger partial charge is 0.352 e. The molecule has 0 aliphatic rings. The van der Waals surface area contributed by atoms with Crippen molar-refractivity contribution >= 4 is 0 Å². The molecule has 0 bridgehead atoms. The second-order valence-corrected chi connectivity index (χ2v) is 5.74. The van der Waals surface area contributed by atoms with Crippen molar-refractivity contribution in [3.63, 3.8) is 0 Å². The number of para-hydroxylation sites is 1. The van der Waals surface area contributed by atoms with Crippen LogP contribution in [0.2, 0.25) is 0 Å². The van der Waals surface area contributed by atoms with Crippen LogP contribution in [0, 0.1) is 0 Å². The number of hydrogen-bond donors (Lipinski definition) is 2. The number of unbranched alkanes of at least 4 members (excludes halogenated alkanes) is 1. The third-order valence-corrected chi connectivity index (χ3v) is 3.83. The third kappa shape index (κ3) is 3.53. The predicted octanol–water partition coefficient (Wildman–Crippen LogP) is 2.00. The first-order valence-electron chi connectivity index (χ1n) is 7.79. The molecule has 0 aliphatic heterocycles. The number of nitrogens with one attached hydrogen (secondary N) is 1. The van der Waals surface area contributed by atoms with Crippen LogP contribution in [0.5, 0.6) is 0 Å². The number of aliphatic hydroxyl groups is 1. The lowest BCUT2D eigenvalue weighted by Gasteiger charge is -2.23. The van der Waals surface area contributed by atoms with E-state index in [0.29, 0.717) is 17.7 Å². The molecule has 2 rings (SSSR count). The van der Waals surface area contributed by atoms with Crippen molar-refractivity contribution in [2.45, 2.75) is 45.3 Å². The van der Waals surface area contributed by atoms with Gasteiger partial charge in [-0.05, 0) is 25.5 Å². The zero-order valence-corrected chi connectivity index (χ0v) is 13.5. The van der Waals surface area contributed by atoms with Crippen molar-refractivity contribution in [3.05, 3.63) is 63.5 Å². The molecule has 0 amide bonds. The monoisotopic (exact) mass is 317 g/mol. The van der Waals surface area contributed by atoms with Crippen LogP contribution in [-0.4, -0.2) is 25.6 Å². The van der Waals surface area contributed by atoms with E-state index in [0.717, 1.165) is 17.4 Å². The Morgan fingerprint density at radius 1 is 1.30 bits per heavy atom. The van der Waals surface area contributed by atoms with Crippen molar-refractivity contribution in [1.29, 1.82) is 0 Å². The summed E-state index contributed by atoms with van der Waals surface area (Å²) in [5, 5.41) is 12.9. The van der Waals surface area contributed by atoms with Gasteiger partial charge in [-0.1, -0.05) is 50.1 Å². The van der Waals surface area contributed by atoms with Crippen LogP contribution in [0.1, 0.15) is 39.2 Å². The summed E-state index contributed by atoms with van der Waals surface area (Å²) in [5.74, 6) is 0. The number of nitrogens with zero attached hydrogens (tertiary/aromatic N) is 2. The standard InChI is InChI=1S/C17H23N3O3/c1-4-5-11-14(21)15(12(2)3)20-17(23)19(16(22)18-20)13-9-7-6-8-10-13/h6-10,14-15,21H,2,4-5,11H2,1,3H3,(H,18,22)/t14-,15+/m0/s1. The Kier molecular flexibility index (Phi) is 5.39. The fourth-order valence-corrected chi connectivity index (χ4v) is 2.68. The summed E-state index contributed by atoms with van der Waals surface area (Å²) in [6.45, 7) is 7.63. The van der Waals surface area contributed by atoms with Crippen LogP contribution in [0.25, 0.3) is 5.69 Å². The maximum atomic E-state index is 12.7. The average molecular weight is 317 g/mol. The molecule has 0 saturated heterocycles. The normalized spacial score (nSPS) is 13.7. The first-order valence-corrected chi connectivity index (χ1v) is 7.79. The first-order chi connectivity index (χ1) is 11.0. The topological polar surface area (TPSA) is 80.0 Å². The molecular weight excluding hydrogens is 294 g/mol. The van der Waals surface area contributed by atoms with E-state index in [4.69, 9.17) is 0 Å². The van der Waals surface area contributed by atoms with E-state index in [1.165, 1.54) is 4.68 Å². The van der Waals surface area contributed by atoms with Gasteiger partial charge in [-0.25, -0.2) is 23.9 Å². The lowest BCUT2D eigenvalue weighted by molar-refractivity contribution is 0.109. The summed E-state index contributed by atoms with van der Waals surface area (Å²) < 4.78 is 2.24. The highest BCUT2D eigenvalue weighted by molar-refractivity contribution is 5.30. The summed E-state index contributed by atoms with van der Waals surface area (Å²) in [6.07, 6.45) is 1.55. The quantitative estimate of drug-likeness (QED) is 0.767. The molecule has 0 unspecified atom stereocenters. The molecule has 6 heteroatoms. The van der Waals surface area contributed by atoms with Gasteiger partial charge in [0.25, 0.3) is 0 Å². The Labute approximate surface area is 134 Å². The van der Waals surface area contributed by atoms with E-state index in [-0.39, 0.29) is 0 Å². The number of aromatic amines is 1. The fraction of sp³-hybridized carbons (Fsp3) is 0.412. The molecule has 2 aromatic rings. The molecule has 23 heavy (non-hydrogen) atoms. The summed E-state index contributed by atoms with van der Waals surface area (Å²) >= 11 is 0. The van der Waals surface area contributed by atoms with Crippen molar-refractivity contribution in [2.75, 3.05) is 0 Å². The van der Waals surface area contributed by atoms with Crippen molar-refractivity contribution in [3.8, 4) is 5.69 Å². The molecule has 1 heterocycles. The van der Waals surface area contributed by atoms with Gasteiger partial charge >= 0.3 is 11.4 Å². The van der Waals surface area contributed by atoms with Gasteiger partial charge in [0, 0.05) is 0 Å². The number of aromatic nitrogens is 3. The SMILES string of the molecule is C=C(C)[C@H]([C@@H](O)CCCC)n1[nH]c(=O)n(-c2ccccc2)c1=O. The highest BCUT2D eigenvalue weighted by Crippen LogP contribution is 2.21. The third-order valence-electron chi connectivity index (χ3n) is 3.83. The van der Waals surface area contributed by atoms with E-state index >= 15 is 0 Å². The molecule has 1 aromatic heterocycles. The Hall–Kier alpha value is -2.34. The fourth-order valence-electron chi connectivity index (χ4n) is 2.68. The predicted molar refractivity (Wildman–Crippen MR) is 90.0 cm³/mol. The van der Waals surface area contributed by atoms with Gasteiger partial charge in [0.1, 0.15) is 6.04 Å². The summed E-state index contributed by atoms with van der Waals surface area (Å²) in [5.41, 5.74) is 0.0677. The number of hydrogen-bond acceptors (Lipinski definition) is 3. The second kappa shape index (κ2) is 7.28. The molecule has 124 valence electrons. The average Bonchev–Trinajstić information content (AvgIpc) is 2.80. The molecule has 0 radical (unpaired) electrons. The molecule has 0 aliphatic carbocycles. The lowest BCUT2D eigenvalue weighted by atomic mass is 10.00. The van der Waals surface area contributed by atoms with E-state index in [2.05, 4.69) is 11.7 Å². The van der Waals surface area contributed by atoms with Crippen LogP contribution in [0.3, 0.4) is 0 Å². The maximum Gasteiger partial charge on any atom is 0.352 e. The summed E-state index contributed by atoms with van der Waals surface area (Å²) in [7, 11) is 0. The second-order valence-electron chi connectivity index (χ2n) is 5.74. The highest BCUT2D eigenvalue weighted by Gasteiger charge is 2.26. The lowest BCUT2D eigenvalue weighted by Crippen LogP contribution is -2.35. The molecule has 0 saturated carbocycles. The van der Waals surface area contributed by atoms with E-state index < -0.39 is 23.5 Å². The van der Waals surface area contributed by atoms with E-state index in [9.17, 15) is 14.7 Å². The minimum atomic E-state index is -0.771. The number of H-pyrrole nitrogens is 1. The highest BCUT2D eigenvalue weighted by atomic mass is 16.3. The summed E-state index contributed by atoms with van der Waals surface area (Å²) in [4.78, 5) is 24.9. The maximum absolute atomic E-state index is 12.7.